The summed E-state index contributed by atoms with van der Waals surface area (Å²) in [4.78, 5) is 31.8. The maximum absolute atomic E-state index is 12.5. The van der Waals surface area contributed by atoms with Crippen molar-refractivity contribution in [1.29, 1.82) is 0 Å². The number of likely N-dealkylation sites (tertiary alicyclic amines) is 1. The maximum Gasteiger partial charge on any atom is 0.274 e. The van der Waals surface area contributed by atoms with Crippen molar-refractivity contribution in [3.8, 4) is 0 Å². The van der Waals surface area contributed by atoms with Crippen molar-refractivity contribution < 1.29 is 9.59 Å². The molecule has 3 atom stereocenters. The fourth-order valence-electron chi connectivity index (χ4n) is 3.56. The number of thiophene rings is 1. The first-order chi connectivity index (χ1) is 11.1. The molecular weight excluding hydrogens is 310 g/mol. The molecule has 3 heterocycles. The molecule has 5 nitrogen and oxygen atoms in total. The summed E-state index contributed by atoms with van der Waals surface area (Å²) in [6, 6.07) is 4.10. The van der Waals surface area contributed by atoms with Crippen molar-refractivity contribution in [2.45, 2.75) is 19.9 Å². The Morgan fingerprint density at radius 1 is 1.30 bits per heavy atom. The number of hydrogen-bond donors (Lipinski definition) is 0. The molecule has 0 N–H and O–H groups in total. The summed E-state index contributed by atoms with van der Waals surface area (Å²) < 4.78 is 1.94. The van der Waals surface area contributed by atoms with E-state index in [2.05, 4.69) is 18.8 Å². The molecule has 4 rings (SSSR count). The number of carbonyl (C=O) groups is 2. The minimum atomic E-state index is -0.0149. The molecule has 0 aromatic carbocycles. The van der Waals surface area contributed by atoms with E-state index in [9.17, 15) is 9.59 Å². The van der Waals surface area contributed by atoms with E-state index in [-0.39, 0.29) is 17.6 Å². The highest BCUT2D eigenvalue weighted by atomic mass is 32.1. The summed E-state index contributed by atoms with van der Waals surface area (Å²) in [5, 5.41) is 1.94. The Morgan fingerprint density at radius 2 is 2.04 bits per heavy atom. The van der Waals surface area contributed by atoms with Crippen LogP contribution in [0.1, 0.15) is 40.0 Å². The second-order valence-electron chi connectivity index (χ2n) is 6.71. The summed E-state index contributed by atoms with van der Waals surface area (Å²) in [5.41, 5.74) is 0.501. The largest absolute Gasteiger partial charge is 0.337 e. The molecule has 120 valence electrons. The van der Waals surface area contributed by atoms with Crippen molar-refractivity contribution in [2.24, 2.45) is 17.8 Å². The molecule has 2 aliphatic rings. The number of aromatic nitrogens is 2. The van der Waals surface area contributed by atoms with Gasteiger partial charge in [0.05, 0.1) is 11.2 Å². The lowest BCUT2D eigenvalue weighted by atomic mass is 10.1. The van der Waals surface area contributed by atoms with Gasteiger partial charge >= 0.3 is 0 Å². The van der Waals surface area contributed by atoms with Gasteiger partial charge < -0.3 is 9.47 Å². The molecule has 6 heteroatoms. The van der Waals surface area contributed by atoms with E-state index in [0.717, 1.165) is 4.88 Å². The summed E-state index contributed by atoms with van der Waals surface area (Å²) in [5.74, 6) is 1.03. The lowest BCUT2D eigenvalue weighted by Gasteiger charge is -2.18. The fraction of sp³-hybridized carbons (Fsp3) is 0.471. The van der Waals surface area contributed by atoms with E-state index < -0.39 is 0 Å². The van der Waals surface area contributed by atoms with E-state index in [1.54, 1.807) is 6.33 Å². The predicted molar refractivity (Wildman–Crippen MR) is 87.6 cm³/mol. The topological polar surface area (TPSA) is 55.2 Å². The first-order valence-corrected chi connectivity index (χ1v) is 8.84. The second kappa shape index (κ2) is 5.30. The minimum absolute atomic E-state index is 0.0149. The molecule has 1 aliphatic heterocycles. The minimum Gasteiger partial charge on any atom is -0.337 e. The lowest BCUT2D eigenvalue weighted by Crippen LogP contribution is -2.32. The molecule has 1 aliphatic carbocycles. The molecule has 1 saturated carbocycles. The van der Waals surface area contributed by atoms with Crippen LogP contribution >= 0.6 is 11.3 Å². The van der Waals surface area contributed by atoms with E-state index in [1.165, 1.54) is 11.3 Å². The Morgan fingerprint density at radius 3 is 2.61 bits per heavy atom. The first kappa shape index (κ1) is 14.6. The zero-order chi connectivity index (χ0) is 16.1. The number of hydrogen-bond acceptors (Lipinski definition) is 4. The Balaban J connectivity index is 1.40. The lowest BCUT2D eigenvalue weighted by molar-refractivity contribution is 0.0747. The standard InChI is InChI=1S/C17H19N3O2S/c1-10(2)20-8-13(18-9-20)17(22)19-6-11-12(7-19)15(11)16(21)14-4-3-5-23-14/h3-5,8-12,15H,6-7H2,1-2H3/t11-,12+,15?. The fourth-order valence-corrected chi connectivity index (χ4v) is 4.27. The van der Waals surface area contributed by atoms with Crippen LogP contribution in [0.25, 0.3) is 0 Å². The van der Waals surface area contributed by atoms with Crippen LogP contribution in [0.15, 0.2) is 30.0 Å². The van der Waals surface area contributed by atoms with Gasteiger partial charge in [0.25, 0.3) is 5.91 Å². The van der Waals surface area contributed by atoms with Crippen LogP contribution in [0.4, 0.5) is 0 Å². The normalized spacial score (nSPS) is 25.7. The van der Waals surface area contributed by atoms with Gasteiger partial charge in [-0.3, -0.25) is 9.59 Å². The molecule has 23 heavy (non-hydrogen) atoms. The summed E-state index contributed by atoms with van der Waals surface area (Å²) in [7, 11) is 0. The highest BCUT2D eigenvalue weighted by Gasteiger charge is 2.60. The third-order valence-electron chi connectivity index (χ3n) is 4.96. The summed E-state index contributed by atoms with van der Waals surface area (Å²) in [6.07, 6.45) is 3.52. The number of rotatable bonds is 4. The van der Waals surface area contributed by atoms with Crippen LogP contribution < -0.4 is 0 Å². The van der Waals surface area contributed by atoms with Gasteiger partial charge in [-0.15, -0.1) is 11.3 Å². The first-order valence-electron chi connectivity index (χ1n) is 7.96. The average molecular weight is 329 g/mol. The van der Waals surface area contributed by atoms with Crippen LogP contribution in [-0.2, 0) is 0 Å². The number of amides is 1. The van der Waals surface area contributed by atoms with E-state index >= 15 is 0 Å². The van der Waals surface area contributed by atoms with Crippen molar-refractivity contribution in [3.63, 3.8) is 0 Å². The van der Waals surface area contributed by atoms with Crippen LogP contribution in [-0.4, -0.2) is 39.2 Å². The molecule has 0 radical (unpaired) electrons. The number of fused-ring (bicyclic) bond motifs is 1. The summed E-state index contributed by atoms with van der Waals surface area (Å²) in [6.45, 7) is 5.48. The van der Waals surface area contributed by atoms with Gasteiger partial charge in [-0.1, -0.05) is 6.07 Å². The number of ketones is 1. The molecule has 2 fully saturated rings. The maximum atomic E-state index is 12.5. The highest BCUT2D eigenvalue weighted by Crippen LogP contribution is 2.53. The third-order valence-corrected chi connectivity index (χ3v) is 5.85. The number of Topliss-reactive ketones (excluding diaryl/α,β-unsaturated/α-hetero) is 1. The van der Waals surface area contributed by atoms with Gasteiger partial charge in [0.2, 0.25) is 0 Å². The van der Waals surface area contributed by atoms with Gasteiger partial charge in [0, 0.05) is 31.2 Å². The Labute approximate surface area is 138 Å². The SMILES string of the molecule is CC(C)n1cnc(C(=O)N2C[C@@H]3C(C(=O)c4cccs4)[C@@H]3C2)c1. The van der Waals surface area contributed by atoms with Gasteiger partial charge in [-0.2, -0.15) is 0 Å². The van der Waals surface area contributed by atoms with Crippen LogP contribution in [0.5, 0.6) is 0 Å². The van der Waals surface area contributed by atoms with Gasteiger partial charge in [0.15, 0.2) is 5.78 Å². The van der Waals surface area contributed by atoms with Crippen molar-refractivity contribution >= 4 is 23.0 Å². The van der Waals surface area contributed by atoms with Gasteiger partial charge in [-0.25, -0.2) is 4.98 Å². The Kier molecular flexibility index (Phi) is 3.37. The Hall–Kier alpha value is -1.95. The number of nitrogens with zero attached hydrogens (tertiary/aromatic N) is 3. The molecule has 1 unspecified atom stereocenters. The zero-order valence-corrected chi connectivity index (χ0v) is 14.0. The quantitative estimate of drug-likeness (QED) is 0.811. The predicted octanol–water partition coefficient (Wildman–Crippen LogP) is 2.73. The van der Waals surface area contributed by atoms with Gasteiger partial charge in [0.1, 0.15) is 5.69 Å². The smallest absolute Gasteiger partial charge is 0.274 e. The monoisotopic (exact) mass is 329 g/mol. The third kappa shape index (κ3) is 2.41. The number of carbonyl (C=O) groups excluding carboxylic acids is 2. The molecule has 0 bridgehead atoms. The number of imidazole rings is 1. The molecular formula is C17H19N3O2S. The van der Waals surface area contributed by atoms with E-state index in [0.29, 0.717) is 36.7 Å². The molecule has 2 aromatic rings. The molecule has 2 aromatic heterocycles. The van der Waals surface area contributed by atoms with Crippen LogP contribution in [0.2, 0.25) is 0 Å². The van der Waals surface area contributed by atoms with Crippen molar-refractivity contribution in [3.05, 3.63) is 40.6 Å². The molecule has 1 amide bonds. The molecule has 0 spiro atoms. The average Bonchev–Trinajstić information content (AvgIpc) is 3.07. The van der Waals surface area contributed by atoms with Crippen molar-refractivity contribution in [2.75, 3.05) is 13.1 Å². The highest BCUT2D eigenvalue weighted by molar-refractivity contribution is 7.12. The molecule has 1 saturated heterocycles. The van der Waals surface area contributed by atoms with Crippen LogP contribution in [0, 0.1) is 17.8 Å². The van der Waals surface area contributed by atoms with E-state index in [1.807, 2.05) is 33.2 Å². The van der Waals surface area contributed by atoms with Crippen molar-refractivity contribution in [1.82, 2.24) is 14.5 Å². The zero-order valence-electron chi connectivity index (χ0n) is 13.2. The second-order valence-corrected chi connectivity index (χ2v) is 7.65. The van der Waals surface area contributed by atoms with Crippen LogP contribution in [0.3, 0.4) is 0 Å². The number of piperidine rings is 1. The summed E-state index contributed by atoms with van der Waals surface area (Å²) >= 11 is 1.50. The van der Waals surface area contributed by atoms with Gasteiger partial charge in [-0.05, 0) is 37.1 Å². The van der Waals surface area contributed by atoms with E-state index in [4.69, 9.17) is 0 Å². The Bertz CT molecular complexity index is 738.